The molecule has 5 unspecified atom stereocenters. The van der Waals surface area contributed by atoms with Crippen LogP contribution in [0, 0.1) is 10.8 Å². The molecule has 5 atom stereocenters. The fraction of sp³-hybridized carbons (Fsp3) is 0.609. The van der Waals surface area contributed by atoms with Gasteiger partial charge in [-0.05, 0) is 188 Å². The van der Waals surface area contributed by atoms with Gasteiger partial charge in [0, 0.05) is 122 Å². The quantitative estimate of drug-likeness (QED) is 0.128. The molecule has 12 heterocycles. The minimum atomic E-state index is -0.532. The molecule has 23 nitrogen and oxygen atoms in total. The molecule has 498 valence electrons. The third kappa shape index (κ3) is 13.7. The van der Waals surface area contributed by atoms with Crippen LogP contribution >= 0.6 is 11.6 Å². The summed E-state index contributed by atoms with van der Waals surface area (Å²) >= 11 is 6.00. The van der Waals surface area contributed by atoms with Crippen molar-refractivity contribution in [2.75, 3.05) is 62.1 Å². The summed E-state index contributed by atoms with van der Waals surface area (Å²) in [6.45, 7) is 14.9. The first-order valence-electron chi connectivity index (χ1n) is 33.5. The number of nitrogen functional groups attached to an aromatic ring is 1. The summed E-state index contributed by atoms with van der Waals surface area (Å²) in [5, 5.41) is 5.47. The van der Waals surface area contributed by atoms with Crippen molar-refractivity contribution in [1.82, 2.24) is 58.6 Å². The normalized spacial score (nSPS) is 25.0. The number of carbonyl (C=O) groups is 5. The first-order valence-corrected chi connectivity index (χ1v) is 33.9. The summed E-state index contributed by atoms with van der Waals surface area (Å²) in [5.41, 5.74) is 9.66. The maximum absolute atomic E-state index is 13.3. The van der Waals surface area contributed by atoms with Crippen LogP contribution in [0.5, 0.6) is 0 Å². The van der Waals surface area contributed by atoms with Crippen LogP contribution in [0.2, 0.25) is 5.28 Å². The van der Waals surface area contributed by atoms with E-state index >= 15 is 0 Å². The molecular weight excluding hydrogens is 1200 g/mol. The van der Waals surface area contributed by atoms with E-state index in [1.807, 2.05) is 91.6 Å². The maximum atomic E-state index is 13.3. The number of ether oxygens (including phenoxy) is 2. The highest BCUT2D eigenvalue weighted by atomic mass is 35.5. The Balaban J connectivity index is 0.000000149. The van der Waals surface area contributed by atoms with Crippen molar-refractivity contribution in [3.63, 3.8) is 0 Å². The van der Waals surface area contributed by atoms with Crippen molar-refractivity contribution >= 4 is 92.5 Å². The predicted molar refractivity (Wildman–Crippen MR) is 358 cm³/mol. The van der Waals surface area contributed by atoms with Crippen LogP contribution < -0.4 is 20.9 Å². The number of halogens is 1. The molecule has 6 aromatic heterocycles. The van der Waals surface area contributed by atoms with Crippen LogP contribution in [0.4, 0.5) is 38.5 Å². The highest BCUT2D eigenvalue weighted by Gasteiger charge is 2.57. The summed E-state index contributed by atoms with van der Waals surface area (Å²) < 4.78 is 15.8. The molecule has 6 saturated heterocycles. The Bertz CT molecular complexity index is 3740. The standard InChI is InChI=1S/C34H44N8O4.C20H28N4O3.C15H21ClN4/c1-33(2,3)46-32(45)41-23-10-11-24(41)16-34(15-23)17-28(43)40(20-34)25-12-13-27(35-19-25)37-31-36-18-21-14-26(30(44)39(4)5)42(29(21)38-31)22-8-6-7-9-22;1-19(2,3)27-18(26)24-13-4-5-14(24)9-20(8-13)10-17(25)23(12-20)15-6-7-16(21)22-11-15;1-10(19(2)3)13-8-11-9-17-15(16)18-14(11)20(13)12-6-4-5-7-12/h12-14,18-19,22-24H,6-11,15-17,20H2,1-5H3,(H,35,36,37,38);6-7,11,13-14H,4-5,8-10,12H2,1-3H3,(H2,21,22);8-10,12H,4-7H2,1-3H3. The summed E-state index contributed by atoms with van der Waals surface area (Å²) in [6, 6.07) is 13.1. The van der Waals surface area contributed by atoms with Crippen LogP contribution in [0.1, 0.15) is 198 Å². The van der Waals surface area contributed by atoms with Crippen LogP contribution in [0.15, 0.2) is 61.2 Å². The number of anilines is 5. The number of pyridine rings is 2. The van der Waals surface area contributed by atoms with Crippen molar-refractivity contribution in [3.05, 3.63) is 77.9 Å². The molecule has 2 saturated carbocycles. The van der Waals surface area contributed by atoms with Crippen molar-refractivity contribution in [2.24, 2.45) is 10.8 Å². The monoisotopic (exact) mass is 1290 g/mol. The van der Waals surface area contributed by atoms with Crippen LogP contribution in [-0.2, 0) is 19.1 Å². The van der Waals surface area contributed by atoms with E-state index in [-0.39, 0.29) is 70.9 Å². The van der Waals surface area contributed by atoms with Gasteiger partial charge < -0.3 is 59.1 Å². The topological polar surface area (TPSA) is 248 Å². The molecule has 24 heteroatoms. The average molecular weight is 1290 g/mol. The summed E-state index contributed by atoms with van der Waals surface area (Å²) in [7, 11) is 7.75. The number of hydrogen-bond acceptors (Lipinski definition) is 16. The lowest BCUT2D eigenvalue weighted by molar-refractivity contribution is -0.119. The average Bonchev–Trinajstić information content (AvgIpc) is 1.62. The van der Waals surface area contributed by atoms with E-state index in [0.29, 0.717) is 66.6 Å². The van der Waals surface area contributed by atoms with Crippen molar-refractivity contribution < 1.29 is 33.4 Å². The molecule has 2 aliphatic carbocycles. The molecule has 4 bridgehead atoms. The Labute approximate surface area is 550 Å². The third-order valence-electron chi connectivity index (χ3n) is 20.5. The largest absolute Gasteiger partial charge is 0.444 e. The minimum absolute atomic E-state index is 0.0452. The fourth-order valence-electron chi connectivity index (χ4n) is 16.3. The van der Waals surface area contributed by atoms with E-state index in [2.05, 4.69) is 71.4 Å². The lowest BCUT2D eigenvalue weighted by Crippen LogP contribution is -2.52. The molecule has 93 heavy (non-hydrogen) atoms. The van der Waals surface area contributed by atoms with Gasteiger partial charge in [0.15, 0.2) is 0 Å². The molecule has 6 aromatic rings. The summed E-state index contributed by atoms with van der Waals surface area (Å²) in [4.78, 5) is 103. The predicted octanol–water partition coefficient (Wildman–Crippen LogP) is 12.4. The second kappa shape index (κ2) is 25.6. The Morgan fingerprint density at radius 3 is 1.55 bits per heavy atom. The fourth-order valence-corrected chi connectivity index (χ4v) is 16.5. The maximum Gasteiger partial charge on any atom is 0.410 e. The van der Waals surface area contributed by atoms with Crippen LogP contribution in [0.25, 0.3) is 22.1 Å². The SMILES string of the molecule is CC(C)(C)OC(=O)N1C2CCC1CC1(CC(=O)N(c3ccc(N)nc3)C1)C2.CC(c1cc2cnc(Cl)nc2n1C1CCCC1)N(C)C.CN(C)C(=O)c1cc2cnc(Nc3ccc(N4CC5(CC4=O)CC4CCC(C5)N4C(=O)OC(C)(C)C)cn3)nc2n1C1CCCC1. The summed E-state index contributed by atoms with van der Waals surface area (Å²) in [6.07, 6.45) is 24.1. The molecule has 14 rings (SSSR count). The van der Waals surface area contributed by atoms with Gasteiger partial charge in [-0.2, -0.15) is 9.97 Å². The van der Waals surface area contributed by atoms with Crippen molar-refractivity contribution in [2.45, 2.75) is 218 Å². The lowest BCUT2D eigenvalue weighted by atomic mass is 9.74. The molecule has 6 aliphatic heterocycles. The molecule has 0 radical (unpaired) electrons. The van der Waals surface area contributed by atoms with Crippen LogP contribution in [-0.4, -0.2) is 165 Å². The molecule has 3 N–H and O–H groups in total. The highest BCUT2D eigenvalue weighted by Crippen LogP contribution is 2.53. The molecule has 8 fully saturated rings. The second-order valence-corrected chi connectivity index (χ2v) is 30.4. The van der Waals surface area contributed by atoms with Gasteiger partial charge >= 0.3 is 12.2 Å². The van der Waals surface area contributed by atoms with E-state index in [1.165, 1.54) is 31.4 Å². The number of piperidine rings is 2. The third-order valence-corrected chi connectivity index (χ3v) is 20.7. The minimum Gasteiger partial charge on any atom is -0.444 e. The number of nitrogens with zero attached hydrogens (tertiary/aromatic N) is 14. The molecule has 2 spiro atoms. The van der Waals surface area contributed by atoms with E-state index in [9.17, 15) is 24.0 Å². The van der Waals surface area contributed by atoms with Gasteiger partial charge in [0.1, 0.15) is 39.8 Å². The number of amides is 5. The number of nitrogens with one attached hydrogen (secondary N) is 1. The zero-order valence-corrected chi connectivity index (χ0v) is 56.8. The second-order valence-electron chi connectivity index (χ2n) is 30.1. The zero-order valence-electron chi connectivity index (χ0n) is 56.0. The van der Waals surface area contributed by atoms with E-state index < -0.39 is 11.2 Å². The smallest absolute Gasteiger partial charge is 0.410 e. The van der Waals surface area contributed by atoms with Gasteiger partial charge in [-0.1, -0.05) is 25.7 Å². The summed E-state index contributed by atoms with van der Waals surface area (Å²) in [5.74, 6) is 1.60. The first-order chi connectivity index (χ1) is 44.1. The molecule has 5 amide bonds. The lowest BCUT2D eigenvalue weighted by Gasteiger charge is -2.44. The zero-order chi connectivity index (χ0) is 66.1. The van der Waals surface area contributed by atoms with Gasteiger partial charge in [0.25, 0.3) is 5.91 Å². The number of fused-ring (bicyclic) bond motifs is 6. The molecular formula is C69H93ClN16O7. The van der Waals surface area contributed by atoms with E-state index in [4.69, 9.17) is 31.8 Å². The first kappa shape index (κ1) is 65.4. The van der Waals surface area contributed by atoms with E-state index in [0.717, 1.165) is 110 Å². The van der Waals surface area contributed by atoms with Gasteiger partial charge in [0.2, 0.25) is 23.0 Å². The Hall–Kier alpha value is -7.66. The molecule has 8 aliphatic rings. The van der Waals surface area contributed by atoms with E-state index in [1.54, 1.807) is 43.7 Å². The Morgan fingerprint density at radius 2 is 1.09 bits per heavy atom. The number of rotatable bonds is 9. The number of carbonyl (C=O) groups excluding carboxylic acids is 5. The van der Waals surface area contributed by atoms with Crippen LogP contribution in [0.3, 0.4) is 0 Å². The van der Waals surface area contributed by atoms with Gasteiger partial charge in [-0.3, -0.25) is 14.4 Å². The van der Waals surface area contributed by atoms with Crippen molar-refractivity contribution in [3.8, 4) is 0 Å². The highest BCUT2D eigenvalue weighted by molar-refractivity contribution is 6.28. The van der Waals surface area contributed by atoms with Crippen molar-refractivity contribution in [1.29, 1.82) is 0 Å². The number of aromatic nitrogens is 8. The number of hydrogen-bond donors (Lipinski definition) is 2. The number of nitrogens with two attached hydrogens (primary N) is 1. The van der Waals surface area contributed by atoms with Gasteiger partial charge in [-0.25, -0.2) is 29.5 Å². The Morgan fingerprint density at radius 1 is 0.613 bits per heavy atom. The van der Waals surface area contributed by atoms with Gasteiger partial charge in [0.05, 0.1) is 23.8 Å². The Kier molecular flexibility index (Phi) is 18.0. The van der Waals surface area contributed by atoms with Gasteiger partial charge in [-0.15, -0.1) is 0 Å². The molecule has 0 aromatic carbocycles.